The lowest BCUT2D eigenvalue weighted by atomic mass is 9.80. The molecule has 3 aromatic carbocycles. The van der Waals surface area contributed by atoms with Crippen LogP contribution in [0.5, 0.6) is 0 Å². The predicted molar refractivity (Wildman–Crippen MR) is 194 cm³/mol. The maximum absolute atomic E-state index is 14.6. The summed E-state index contributed by atoms with van der Waals surface area (Å²) in [4.78, 5) is 38.8. The molecule has 3 unspecified atom stereocenters. The van der Waals surface area contributed by atoms with Crippen molar-refractivity contribution in [3.63, 3.8) is 0 Å². The third-order valence-electron chi connectivity index (χ3n) is 9.82. The van der Waals surface area contributed by atoms with Crippen LogP contribution in [0, 0.1) is 5.82 Å². The van der Waals surface area contributed by atoms with Gasteiger partial charge >= 0.3 is 6.09 Å². The highest BCUT2D eigenvalue weighted by Crippen LogP contribution is 2.44. The number of methoxy groups -OCH3 is 1. The lowest BCUT2D eigenvalue weighted by Gasteiger charge is -2.48. The van der Waals surface area contributed by atoms with E-state index in [2.05, 4.69) is 30.7 Å². The number of hydrogen-bond donors (Lipinski definition) is 3. The molecule has 3 atom stereocenters. The molecule has 5 aromatic rings. The van der Waals surface area contributed by atoms with Crippen LogP contribution in [0.15, 0.2) is 85.3 Å². The van der Waals surface area contributed by atoms with E-state index < -0.39 is 12.1 Å². The normalized spacial score (nSPS) is 19.9. The van der Waals surface area contributed by atoms with Gasteiger partial charge in [0.15, 0.2) is 0 Å². The highest BCUT2D eigenvalue weighted by Gasteiger charge is 2.43. The number of likely N-dealkylation sites (tertiary alicyclic amines) is 2. The number of carbonyl (C=O) groups is 2. The molecule has 7 rings (SSSR count). The highest BCUT2D eigenvalue weighted by atomic mass is 35.5. The lowest BCUT2D eigenvalue weighted by Crippen LogP contribution is -2.55. The van der Waals surface area contributed by atoms with Gasteiger partial charge in [-0.2, -0.15) is 4.68 Å². The molecule has 15 heteroatoms. The number of piperidine rings is 2. The summed E-state index contributed by atoms with van der Waals surface area (Å²) >= 11 is 6.38. The average Bonchev–Trinajstić information content (AvgIpc) is 3.88. The molecular formula is C37H38ClFN10O3. The van der Waals surface area contributed by atoms with Crippen molar-refractivity contribution in [2.45, 2.75) is 43.3 Å². The standard InChI is InChI=1S/C37H38ClFN10O3/c1-52-37(51)43-29-10-4-24(5-11-29)32-20-41-36(44-32)35-31(23-2-8-27(39)9-3-23)19-30(47-16-14-28(40)15-17-47)21-48(35)34(50)13-6-25-18-26(38)7-12-33(25)49-22-42-45-46-49/h2-13,18,20,22,28,30-31,35H,14-17,19,21,40H2,1H3,(H,41,44)(H,43,51)/b13-6+. The van der Waals surface area contributed by atoms with E-state index in [9.17, 15) is 14.0 Å². The minimum atomic E-state index is -0.563. The first-order chi connectivity index (χ1) is 25.2. The Bertz CT molecular complexity index is 2030. The van der Waals surface area contributed by atoms with Crippen molar-refractivity contribution in [3.8, 4) is 16.9 Å². The van der Waals surface area contributed by atoms with Crippen molar-refractivity contribution >= 4 is 35.4 Å². The van der Waals surface area contributed by atoms with E-state index in [1.54, 1.807) is 60.8 Å². The minimum Gasteiger partial charge on any atom is -0.453 e. The number of amides is 2. The van der Waals surface area contributed by atoms with Crippen LogP contribution in [-0.4, -0.2) is 90.8 Å². The van der Waals surface area contributed by atoms with E-state index in [1.807, 2.05) is 17.0 Å². The van der Waals surface area contributed by atoms with Crippen LogP contribution < -0.4 is 11.1 Å². The van der Waals surface area contributed by atoms with Gasteiger partial charge in [-0.05, 0) is 102 Å². The second kappa shape index (κ2) is 15.4. The van der Waals surface area contributed by atoms with Gasteiger partial charge in [0, 0.05) is 46.9 Å². The van der Waals surface area contributed by atoms with Crippen molar-refractivity contribution in [1.82, 2.24) is 40.0 Å². The van der Waals surface area contributed by atoms with Gasteiger partial charge < -0.3 is 20.4 Å². The second-order valence-electron chi connectivity index (χ2n) is 13.0. The largest absolute Gasteiger partial charge is 0.453 e. The molecule has 2 aromatic heterocycles. The minimum absolute atomic E-state index is 0.0309. The lowest BCUT2D eigenvalue weighted by molar-refractivity contribution is -0.132. The van der Waals surface area contributed by atoms with Gasteiger partial charge in [0.25, 0.3) is 0 Å². The number of nitrogens with zero attached hydrogens (tertiary/aromatic N) is 7. The first-order valence-corrected chi connectivity index (χ1v) is 17.4. The number of H-pyrrole nitrogens is 1. The summed E-state index contributed by atoms with van der Waals surface area (Å²) in [5.74, 6) is -0.187. The summed E-state index contributed by atoms with van der Waals surface area (Å²) in [6.45, 7) is 2.10. The molecule has 13 nitrogen and oxygen atoms in total. The Morgan fingerprint density at radius 2 is 1.85 bits per heavy atom. The first kappa shape index (κ1) is 35.0. The van der Waals surface area contributed by atoms with Crippen LogP contribution in [0.25, 0.3) is 23.0 Å². The van der Waals surface area contributed by atoms with E-state index in [4.69, 9.17) is 27.1 Å². The number of tetrazole rings is 1. The Balaban J connectivity index is 1.27. The molecule has 0 spiro atoms. The summed E-state index contributed by atoms with van der Waals surface area (Å²) in [7, 11) is 1.31. The fourth-order valence-corrected chi connectivity index (χ4v) is 7.31. The van der Waals surface area contributed by atoms with Crippen molar-refractivity contribution in [2.24, 2.45) is 5.73 Å². The Kier molecular flexibility index (Phi) is 10.4. The van der Waals surface area contributed by atoms with Crippen LogP contribution in [0.4, 0.5) is 14.9 Å². The number of nitrogens with one attached hydrogen (secondary N) is 2. The summed E-state index contributed by atoms with van der Waals surface area (Å²) in [6, 6.07) is 18.7. The molecule has 2 amide bonds. The van der Waals surface area contributed by atoms with Crippen LogP contribution in [-0.2, 0) is 9.53 Å². The number of anilines is 1. The predicted octanol–water partition coefficient (Wildman–Crippen LogP) is 5.59. The third-order valence-corrected chi connectivity index (χ3v) is 10.1. The van der Waals surface area contributed by atoms with E-state index in [0.29, 0.717) is 34.3 Å². The Morgan fingerprint density at radius 1 is 1.08 bits per heavy atom. The zero-order valence-corrected chi connectivity index (χ0v) is 29.2. The summed E-state index contributed by atoms with van der Waals surface area (Å²) in [6.07, 6.45) is 8.38. The number of aromatic amines is 1. The Morgan fingerprint density at radius 3 is 2.56 bits per heavy atom. The highest BCUT2D eigenvalue weighted by molar-refractivity contribution is 6.30. The van der Waals surface area contributed by atoms with Crippen LogP contribution in [0.1, 0.15) is 48.2 Å². The smallest absolute Gasteiger partial charge is 0.411 e. The Labute approximate surface area is 304 Å². The van der Waals surface area contributed by atoms with E-state index >= 15 is 0 Å². The van der Waals surface area contributed by atoms with Gasteiger partial charge in [0.05, 0.1) is 30.7 Å². The maximum atomic E-state index is 14.6. The molecule has 4 heterocycles. The van der Waals surface area contributed by atoms with Gasteiger partial charge in [0.1, 0.15) is 18.0 Å². The molecule has 52 heavy (non-hydrogen) atoms. The zero-order chi connectivity index (χ0) is 36.2. The Hall–Kier alpha value is -5.44. The summed E-state index contributed by atoms with van der Waals surface area (Å²) in [5.41, 5.74) is 10.6. The molecule has 0 aliphatic carbocycles. The van der Waals surface area contributed by atoms with E-state index in [-0.39, 0.29) is 29.7 Å². The molecule has 268 valence electrons. The van der Waals surface area contributed by atoms with Gasteiger partial charge in [-0.3, -0.25) is 15.0 Å². The maximum Gasteiger partial charge on any atom is 0.411 e. The third kappa shape index (κ3) is 7.73. The zero-order valence-electron chi connectivity index (χ0n) is 28.4. The summed E-state index contributed by atoms with van der Waals surface area (Å²) < 4.78 is 20.5. The first-order valence-electron chi connectivity index (χ1n) is 17.0. The molecular weight excluding hydrogens is 687 g/mol. The van der Waals surface area contributed by atoms with Crippen LogP contribution >= 0.6 is 11.6 Å². The van der Waals surface area contributed by atoms with E-state index in [0.717, 1.165) is 49.2 Å². The molecule has 0 radical (unpaired) electrons. The van der Waals surface area contributed by atoms with Gasteiger partial charge in [-0.1, -0.05) is 35.9 Å². The monoisotopic (exact) mass is 724 g/mol. The number of imidazole rings is 1. The molecule has 2 aliphatic heterocycles. The molecule has 0 saturated carbocycles. The number of nitrogens with two attached hydrogens (primary N) is 1. The number of hydrogen-bond acceptors (Lipinski definition) is 9. The number of aromatic nitrogens is 6. The van der Waals surface area contributed by atoms with Gasteiger partial charge in [-0.25, -0.2) is 14.2 Å². The topological polar surface area (TPSA) is 160 Å². The number of rotatable bonds is 8. The summed E-state index contributed by atoms with van der Waals surface area (Å²) in [5, 5.41) is 14.7. The number of benzene rings is 3. The molecule has 0 bridgehead atoms. The second-order valence-corrected chi connectivity index (χ2v) is 13.5. The van der Waals surface area contributed by atoms with Crippen molar-refractivity contribution in [1.29, 1.82) is 0 Å². The van der Waals surface area contributed by atoms with Crippen LogP contribution in [0.3, 0.4) is 0 Å². The van der Waals surface area contributed by atoms with E-state index in [1.165, 1.54) is 30.3 Å². The van der Waals surface area contributed by atoms with Crippen molar-refractivity contribution in [2.75, 3.05) is 32.1 Å². The molecule has 2 fully saturated rings. The van der Waals surface area contributed by atoms with Crippen LogP contribution in [0.2, 0.25) is 5.02 Å². The average molecular weight is 725 g/mol. The molecule has 2 aliphatic rings. The molecule has 4 N–H and O–H groups in total. The van der Waals surface area contributed by atoms with Gasteiger partial charge in [0.2, 0.25) is 5.91 Å². The number of ether oxygens (including phenoxy) is 1. The fourth-order valence-electron chi connectivity index (χ4n) is 7.13. The van der Waals surface area contributed by atoms with Crippen molar-refractivity contribution in [3.05, 3.63) is 113 Å². The fraction of sp³-hybridized carbons (Fsp3) is 0.297. The number of halogens is 2. The van der Waals surface area contributed by atoms with Gasteiger partial charge in [-0.15, -0.1) is 5.10 Å². The number of carbonyl (C=O) groups excluding carboxylic acids is 2. The molecule has 2 saturated heterocycles. The quantitative estimate of drug-likeness (QED) is 0.174. The SMILES string of the molecule is COC(=O)Nc1ccc(-c2cnc(C3C(c4ccc(F)cc4)CC(N4CCC(N)CC4)CN3C(=O)/C=C/c3cc(Cl)ccc3-n3cnnn3)[nH]2)cc1. The van der Waals surface area contributed by atoms with Crippen molar-refractivity contribution < 1.29 is 18.7 Å².